The quantitative estimate of drug-likeness (QED) is 0.219. The number of nitrogens with one attached hydrogen (secondary N) is 1. The number of aliphatic hydroxyl groups excluding tert-OH is 1. The number of anilines is 1. The monoisotopic (exact) mass is 635 g/mol. The van der Waals surface area contributed by atoms with Crippen LogP contribution in [0.15, 0.2) is 30.6 Å². The molecule has 0 spiro atoms. The van der Waals surface area contributed by atoms with Crippen molar-refractivity contribution in [2.24, 2.45) is 11.3 Å². The molecular formula is C26H34N7O10P. The Morgan fingerprint density at radius 3 is 2.70 bits per heavy atom. The van der Waals surface area contributed by atoms with Crippen LogP contribution in [0.1, 0.15) is 27.0 Å². The summed E-state index contributed by atoms with van der Waals surface area (Å²) < 4.78 is 48.1. The molecule has 2 aromatic heterocycles. The summed E-state index contributed by atoms with van der Waals surface area (Å²) in [7, 11) is -1.93. The zero-order chi connectivity index (χ0) is 32.2. The minimum atomic E-state index is -4.46. The third-order valence-electron chi connectivity index (χ3n) is 7.10. The van der Waals surface area contributed by atoms with E-state index in [9.17, 15) is 24.5 Å². The van der Waals surface area contributed by atoms with Crippen molar-refractivity contribution in [1.82, 2.24) is 24.6 Å². The minimum absolute atomic E-state index is 0.0972. The molecule has 238 valence electrons. The van der Waals surface area contributed by atoms with Gasteiger partial charge in [-0.3, -0.25) is 23.2 Å². The van der Waals surface area contributed by atoms with E-state index in [4.69, 9.17) is 33.7 Å². The van der Waals surface area contributed by atoms with Crippen LogP contribution in [0.25, 0.3) is 11.2 Å². The number of carbonyl (C=O) groups is 2. The van der Waals surface area contributed by atoms with Gasteiger partial charge < -0.3 is 29.8 Å². The number of aliphatic hydroxyl groups is 1. The van der Waals surface area contributed by atoms with Crippen molar-refractivity contribution < 1.29 is 47.3 Å². The van der Waals surface area contributed by atoms with Crippen LogP contribution in [0.2, 0.25) is 0 Å². The van der Waals surface area contributed by atoms with Gasteiger partial charge in [-0.15, -0.1) is 0 Å². The number of ether oxygens (including phenoxy) is 4. The summed E-state index contributed by atoms with van der Waals surface area (Å²) in [6.07, 6.45) is 2.55. The molecule has 0 aromatic carbocycles. The Bertz CT molecular complexity index is 1540. The maximum Gasteiger partial charge on any atom is 0.406 e. The molecule has 8 atom stereocenters. The van der Waals surface area contributed by atoms with Gasteiger partial charge >= 0.3 is 19.7 Å². The Morgan fingerprint density at radius 2 is 2.05 bits per heavy atom. The normalized spacial score (nSPS) is 28.2. The van der Waals surface area contributed by atoms with Gasteiger partial charge in [0, 0.05) is 0 Å². The summed E-state index contributed by atoms with van der Waals surface area (Å²) >= 11 is 0. The lowest BCUT2D eigenvalue weighted by Crippen LogP contribution is -2.39. The number of nitrogens with zero attached hydrogens (tertiary/aromatic N) is 5. The maximum absolute atomic E-state index is 14.1. The van der Waals surface area contributed by atoms with Crippen molar-refractivity contribution in [1.29, 1.82) is 5.26 Å². The van der Waals surface area contributed by atoms with Gasteiger partial charge in [-0.05, 0) is 20.8 Å². The first kappa shape index (κ1) is 33.0. The number of hydrogen-bond donors (Lipinski definition) is 3. The Kier molecular flexibility index (Phi) is 10.0. The zero-order valence-corrected chi connectivity index (χ0v) is 25.5. The third-order valence-corrected chi connectivity index (χ3v) is 8.81. The SMILES string of the molecule is CCOC(=O)C1C=CC=CC1OP(=O)(NC(C)C(=O)OC)OCC1OC(n2cnc3c(OC)nc(N)nc32)C(C)(C#N)C1O. The average Bonchev–Trinajstić information content (AvgIpc) is 3.53. The summed E-state index contributed by atoms with van der Waals surface area (Å²) in [5.41, 5.74) is 4.66. The van der Waals surface area contributed by atoms with Crippen LogP contribution in [0.3, 0.4) is 0 Å². The Hall–Kier alpha value is -3.91. The van der Waals surface area contributed by atoms with E-state index in [1.807, 2.05) is 0 Å². The number of hydrogen-bond acceptors (Lipinski definition) is 15. The zero-order valence-electron chi connectivity index (χ0n) is 24.6. The van der Waals surface area contributed by atoms with Crippen LogP contribution in [-0.2, 0) is 37.4 Å². The van der Waals surface area contributed by atoms with Gasteiger partial charge in [0.05, 0.1) is 39.8 Å². The van der Waals surface area contributed by atoms with Crippen molar-refractivity contribution >= 4 is 36.8 Å². The molecule has 1 saturated heterocycles. The van der Waals surface area contributed by atoms with Crippen LogP contribution >= 0.6 is 7.75 Å². The number of esters is 2. The van der Waals surface area contributed by atoms with Gasteiger partial charge in [-0.25, -0.2) is 14.6 Å². The number of nitrogens with two attached hydrogens (primary N) is 1. The summed E-state index contributed by atoms with van der Waals surface area (Å²) in [5, 5.41) is 23.9. The highest BCUT2D eigenvalue weighted by Gasteiger charge is 2.56. The first-order valence-electron chi connectivity index (χ1n) is 13.5. The van der Waals surface area contributed by atoms with E-state index >= 15 is 0 Å². The molecule has 1 aliphatic heterocycles. The number of nitrogen functional groups attached to an aromatic ring is 1. The van der Waals surface area contributed by atoms with Crippen molar-refractivity contribution in [2.45, 2.75) is 51.4 Å². The third kappa shape index (κ3) is 6.46. The smallest absolute Gasteiger partial charge is 0.406 e. The molecule has 2 aliphatic rings. The van der Waals surface area contributed by atoms with Gasteiger partial charge in [0.15, 0.2) is 17.4 Å². The van der Waals surface area contributed by atoms with E-state index in [0.717, 1.165) is 7.11 Å². The molecule has 0 saturated carbocycles. The second-order valence-electron chi connectivity index (χ2n) is 10.1. The van der Waals surface area contributed by atoms with Crippen LogP contribution < -0.4 is 15.6 Å². The number of allylic oxidation sites excluding steroid dienone is 2. The minimum Gasteiger partial charge on any atom is -0.479 e. The van der Waals surface area contributed by atoms with Gasteiger partial charge in [0.25, 0.3) is 0 Å². The molecule has 0 amide bonds. The van der Waals surface area contributed by atoms with Crippen molar-refractivity contribution in [3.8, 4) is 11.9 Å². The molecule has 4 N–H and O–H groups in total. The highest BCUT2D eigenvalue weighted by molar-refractivity contribution is 7.51. The van der Waals surface area contributed by atoms with E-state index < -0.39 is 68.2 Å². The molecule has 4 rings (SSSR count). The van der Waals surface area contributed by atoms with Crippen LogP contribution in [0.5, 0.6) is 5.88 Å². The highest BCUT2D eigenvalue weighted by atomic mass is 31.2. The molecule has 2 aromatic rings. The Morgan fingerprint density at radius 1 is 1.32 bits per heavy atom. The standard InChI is InChI=1S/C26H34N7O10P/c1-6-40-23(36)15-9-7-8-10-16(15)43-44(37,32-14(2)22(35)39-5)41-11-17-19(34)26(3,12-27)24(42-17)33-13-29-18-20(33)30-25(28)31-21(18)38-4/h7-10,13-17,19,24,34H,6,11H2,1-5H3,(H,32,37)(H2,28,30,31). The molecule has 1 aliphatic carbocycles. The van der Waals surface area contributed by atoms with E-state index in [1.54, 1.807) is 19.1 Å². The van der Waals surface area contributed by atoms with Crippen molar-refractivity contribution in [2.75, 3.05) is 33.2 Å². The first-order chi connectivity index (χ1) is 20.9. The largest absolute Gasteiger partial charge is 0.479 e. The van der Waals surface area contributed by atoms with Crippen molar-refractivity contribution in [3.05, 3.63) is 30.6 Å². The van der Waals surface area contributed by atoms with Gasteiger partial charge in [-0.1, -0.05) is 24.3 Å². The van der Waals surface area contributed by atoms with Gasteiger partial charge in [0.2, 0.25) is 11.8 Å². The average molecular weight is 636 g/mol. The summed E-state index contributed by atoms with van der Waals surface area (Å²) in [4.78, 5) is 37.2. The second kappa shape index (κ2) is 13.4. The second-order valence-corrected chi connectivity index (χ2v) is 11.8. The van der Waals surface area contributed by atoms with Crippen LogP contribution in [0, 0.1) is 22.7 Å². The molecule has 3 heterocycles. The molecule has 0 radical (unpaired) electrons. The number of carbonyl (C=O) groups excluding carboxylic acids is 2. The molecular weight excluding hydrogens is 601 g/mol. The fraction of sp³-hybridized carbons (Fsp3) is 0.538. The lowest BCUT2D eigenvalue weighted by molar-refractivity contribution is -0.148. The molecule has 17 nitrogen and oxygen atoms in total. The molecule has 18 heteroatoms. The van der Waals surface area contributed by atoms with Crippen LogP contribution in [-0.4, -0.2) is 88.4 Å². The number of methoxy groups -OCH3 is 2. The van der Waals surface area contributed by atoms with E-state index in [1.165, 1.54) is 44.0 Å². The number of aromatic nitrogens is 4. The van der Waals surface area contributed by atoms with Gasteiger partial charge in [0.1, 0.15) is 35.7 Å². The topological polar surface area (TPSA) is 232 Å². The van der Waals surface area contributed by atoms with Crippen LogP contribution in [0.4, 0.5) is 5.95 Å². The Balaban J connectivity index is 1.61. The summed E-state index contributed by atoms with van der Waals surface area (Å²) in [5.74, 6) is -2.38. The van der Waals surface area contributed by atoms with E-state index in [-0.39, 0.29) is 29.6 Å². The highest BCUT2D eigenvalue weighted by Crippen LogP contribution is 2.51. The number of imidazole rings is 1. The van der Waals surface area contributed by atoms with E-state index in [0.29, 0.717) is 0 Å². The number of fused-ring (bicyclic) bond motifs is 1. The lowest BCUT2D eigenvalue weighted by Gasteiger charge is -2.29. The fourth-order valence-electron chi connectivity index (χ4n) is 4.78. The molecule has 44 heavy (non-hydrogen) atoms. The van der Waals surface area contributed by atoms with E-state index in [2.05, 4.69) is 26.1 Å². The summed E-state index contributed by atoms with van der Waals surface area (Å²) in [6.45, 7) is 4.02. The predicted molar refractivity (Wildman–Crippen MR) is 151 cm³/mol. The van der Waals surface area contributed by atoms with Gasteiger partial charge in [-0.2, -0.15) is 15.2 Å². The molecule has 0 bridgehead atoms. The predicted octanol–water partition coefficient (Wildman–Crippen LogP) is 1.17. The maximum atomic E-state index is 14.1. The van der Waals surface area contributed by atoms with Crippen molar-refractivity contribution in [3.63, 3.8) is 0 Å². The number of nitriles is 1. The first-order valence-corrected chi connectivity index (χ1v) is 15.0. The fourth-order valence-corrected chi connectivity index (χ4v) is 6.42. The molecule has 8 unspecified atom stereocenters. The lowest BCUT2D eigenvalue weighted by atomic mass is 9.84. The number of rotatable bonds is 12. The molecule has 1 fully saturated rings. The summed E-state index contributed by atoms with van der Waals surface area (Å²) in [6, 6.07) is 0.916. The Labute approximate surface area is 252 Å².